The molecule has 0 saturated carbocycles. The van der Waals surface area contributed by atoms with E-state index in [1.807, 2.05) is 25.8 Å². The molecular weight excluding hydrogens is 244 g/mol. The van der Waals surface area contributed by atoms with Crippen LogP contribution in [-0.2, 0) is 6.42 Å². The molecule has 1 N–H and O–H groups in total. The van der Waals surface area contributed by atoms with Crippen LogP contribution in [-0.4, -0.2) is 38.7 Å². The highest BCUT2D eigenvalue weighted by Crippen LogP contribution is 2.06. The number of hydrogen-bond donors (Lipinski definition) is 1. The first-order valence-corrected chi connectivity index (χ1v) is 5.99. The number of aryl methyl sites for hydroxylation is 2. The molecule has 7 heteroatoms. The molecule has 2 heterocycles. The first-order valence-electron chi connectivity index (χ1n) is 5.99. The van der Waals surface area contributed by atoms with Gasteiger partial charge >= 0.3 is 0 Å². The van der Waals surface area contributed by atoms with E-state index in [1.165, 1.54) is 12.3 Å². The number of nitrogens with one attached hydrogen (secondary N) is 1. The summed E-state index contributed by atoms with van der Waals surface area (Å²) >= 11 is 0. The van der Waals surface area contributed by atoms with Gasteiger partial charge in [0.05, 0.1) is 11.4 Å². The van der Waals surface area contributed by atoms with Crippen LogP contribution in [0.15, 0.2) is 17.1 Å². The van der Waals surface area contributed by atoms with Crippen LogP contribution in [0.1, 0.15) is 17.2 Å². The zero-order valence-electron chi connectivity index (χ0n) is 11.2. The Labute approximate surface area is 110 Å². The third kappa shape index (κ3) is 3.34. The van der Waals surface area contributed by atoms with E-state index in [2.05, 4.69) is 25.1 Å². The predicted octanol–water partition coefficient (Wildman–Crippen LogP) is 0.251. The number of H-pyrrole nitrogens is 1. The van der Waals surface area contributed by atoms with Crippen LogP contribution in [0.3, 0.4) is 0 Å². The number of aromatic amines is 1. The van der Waals surface area contributed by atoms with Gasteiger partial charge in [-0.05, 0) is 13.8 Å². The number of hydrogen-bond acceptors (Lipinski definition) is 6. The average molecular weight is 260 g/mol. The van der Waals surface area contributed by atoms with E-state index < -0.39 is 0 Å². The summed E-state index contributed by atoms with van der Waals surface area (Å²) in [6.45, 7) is 4.42. The molecule has 2 rings (SSSR count). The number of likely N-dealkylation sites (N-methyl/N-ethyl adjacent to an activating group) is 1. The molecule has 0 unspecified atom stereocenters. The molecule has 0 bridgehead atoms. The fraction of sp³-hybridized carbons (Fsp3) is 0.417. The normalized spacial score (nSPS) is 10.5. The summed E-state index contributed by atoms with van der Waals surface area (Å²) in [5, 5.41) is 8.08. The van der Waals surface area contributed by atoms with Crippen molar-refractivity contribution in [2.75, 3.05) is 18.5 Å². The van der Waals surface area contributed by atoms with Crippen molar-refractivity contribution in [1.29, 1.82) is 0 Å². The maximum Gasteiger partial charge on any atom is 0.250 e. The number of aromatic nitrogens is 5. The lowest BCUT2D eigenvalue weighted by Crippen LogP contribution is -2.25. The van der Waals surface area contributed by atoms with Crippen LogP contribution in [0.25, 0.3) is 0 Å². The van der Waals surface area contributed by atoms with Gasteiger partial charge in [0.2, 0.25) is 5.95 Å². The third-order valence-electron chi connectivity index (χ3n) is 2.83. The van der Waals surface area contributed by atoms with Crippen LogP contribution in [0.2, 0.25) is 0 Å². The molecule has 0 aliphatic carbocycles. The summed E-state index contributed by atoms with van der Waals surface area (Å²) in [5.74, 6) is 1.22. The first kappa shape index (κ1) is 13.1. The quantitative estimate of drug-likeness (QED) is 0.848. The molecule has 0 amide bonds. The lowest BCUT2D eigenvalue weighted by atomic mass is 10.3. The van der Waals surface area contributed by atoms with Crippen molar-refractivity contribution in [3.05, 3.63) is 39.8 Å². The van der Waals surface area contributed by atoms with Gasteiger partial charge < -0.3 is 9.88 Å². The number of nitrogens with zero attached hydrogens (tertiary/aromatic N) is 5. The first-order chi connectivity index (χ1) is 9.06. The minimum atomic E-state index is -0.142. The summed E-state index contributed by atoms with van der Waals surface area (Å²) in [6.07, 6.45) is 2.12. The molecule has 0 atom stereocenters. The van der Waals surface area contributed by atoms with E-state index in [0.29, 0.717) is 24.7 Å². The molecule has 0 aromatic carbocycles. The summed E-state index contributed by atoms with van der Waals surface area (Å²) in [6, 6.07) is 1.39. The van der Waals surface area contributed by atoms with Gasteiger partial charge in [-0.3, -0.25) is 4.79 Å². The highest BCUT2D eigenvalue weighted by atomic mass is 16.1. The Hall–Kier alpha value is -2.31. The number of rotatable bonds is 4. The zero-order valence-corrected chi connectivity index (χ0v) is 11.2. The largest absolute Gasteiger partial charge is 0.342 e. The van der Waals surface area contributed by atoms with Gasteiger partial charge in [-0.1, -0.05) is 0 Å². The van der Waals surface area contributed by atoms with Crippen LogP contribution >= 0.6 is 0 Å². The average Bonchev–Trinajstić information content (AvgIpc) is 2.39. The molecule has 19 heavy (non-hydrogen) atoms. The van der Waals surface area contributed by atoms with E-state index in [4.69, 9.17) is 0 Å². The molecule has 0 radical (unpaired) electrons. The molecule has 7 nitrogen and oxygen atoms in total. The Morgan fingerprint density at radius 3 is 2.74 bits per heavy atom. The smallest absolute Gasteiger partial charge is 0.250 e. The van der Waals surface area contributed by atoms with Crippen LogP contribution < -0.4 is 10.5 Å². The molecule has 0 aliphatic heterocycles. The van der Waals surface area contributed by atoms with Crippen molar-refractivity contribution in [3.63, 3.8) is 0 Å². The monoisotopic (exact) mass is 260 g/mol. The van der Waals surface area contributed by atoms with Gasteiger partial charge in [-0.25, -0.2) is 9.97 Å². The SMILES string of the molecule is Cc1nnc(N(C)CCc2nccc(=O)[nH]2)nc1C. The molecule has 0 saturated heterocycles. The van der Waals surface area contributed by atoms with Crippen LogP contribution in [0, 0.1) is 13.8 Å². The predicted molar refractivity (Wildman–Crippen MR) is 71.1 cm³/mol. The van der Waals surface area contributed by atoms with Crippen molar-refractivity contribution < 1.29 is 0 Å². The van der Waals surface area contributed by atoms with Gasteiger partial charge in [0.25, 0.3) is 5.56 Å². The number of anilines is 1. The Bertz CT molecular complexity index is 624. The molecule has 0 spiro atoms. The summed E-state index contributed by atoms with van der Waals surface area (Å²) in [4.78, 5) is 24.2. The van der Waals surface area contributed by atoms with E-state index in [0.717, 1.165) is 11.4 Å². The molecule has 100 valence electrons. The highest BCUT2D eigenvalue weighted by Gasteiger charge is 2.07. The van der Waals surface area contributed by atoms with Gasteiger partial charge in [0.1, 0.15) is 5.82 Å². The van der Waals surface area contributed by atoms with E-state index in [9.17, 15) is 4.79 Å². The topological polar surface area (TPSA) is 87.7 Å². The van der Waals surface area contributed by atoms with Crippen molar-refractivity contribution >= 4 is 5.95 Å². The Kier molecular flexibility index (Phi) is 3.84. The summed E-state index contributed by atoms with van der Waals surface area (Å²) in [5.41, 5.74) is 1.55. The lowest BCUT2D eigenvalue weighted by Gasteiger charge is -2.16. The second kappa shape index (κ2) is 5.55. The van der Waals surface area contributed by atoms with Crippen LogP contribution in [0.4, 0.5) is 5.95 Å². The Morgan fingerprint density at radius 2 is 2.05 bits per heavy atom. The minimum absolute atomic E-state index is 0.142. The highest BCUT2D eigenvalue weighted by molar-refractivity contribution is 5.28. The zero-order chi connectivity index (χ0) is 13.8. The van der Waals surface area contributed by atoms with Crippen molar-refractivity contribution in [1.82, 2.24) is 25.1 Å². The Morgan fingerprint density at radius 1 is 1.26 bits per heavy atom. The maximum atomic E-state index is 11.1. The van der Waals surface area contributed by atoms with Crippen molar-refractivity contribution in [2.45, 2.75) is 20.3 Å². The standard InChI is InChI=1S/C12H16N6O/c1-8-9(2)16-17-12(14-8)18(3)7-5-10-13-6-4-11(19)15-10/h4,6H,5,7H2,1-3H3,(H,13,15,19). The molecule has 2 aromatic heterocycles. The minimum Gasteiger partial charge on any atom is -0.342 e. The van der Waals surface area contributed by atoms with Gasteiger partial charge in [-0.15, -0.1) is 5.10 Å². The van der Waals surface area contributed by atoms with Crippen molar-refractivity contribution in [2.24, 2.45) is 0 Å². The fourth-order valence-corrected chi connectivity index (χ4v) is 1.52. The van der Waals surface area contributed by atoms with Gasteiger partial charge in [-0.2, -0.15) is 5.10 Å². The van der Waals surface area contributed by atoms with Crippen LogP contribution in [0.5, 0.6) is 0 Å². The van der Waals surface area contributed by atoms with Crippen molar-refractivity contribution in [3.8, 4) is 0 Å². The van der Waals surface area contributed by atoms with Gasteiger partial charge in [0.15, 0.2) is 0 Å². The molecular formula is C12H16N6O. The molecule has 0 aliphatic rings. The third-order valence-corrected chi connectivity index (χ3v) is 2.83. The van der Waals surface area contributed by atoms with E-state index in [-0.39, 0.29) is 5.56 Å². The molecule has 2 aromatic rings. The molecule has 0 fully saturated rings. The van der Waals surface area contributed by atoms with Gasteiger partial charge in [0, 0.05) is 32.3 Å². The summed E-state index contributed by atoms with van der Waals surface area (Å²) < 4.78 is 0. The second-order valence-corrected chi connectivity index (χ2v) is 4.33. The summed E-state index contributed by atoms with van der Waals surface area (Å²) in [7, 11) is 1.88. The lowest BCUT2D eigenvalue weighted by molar-refractivity contribution is 0.765. The second-order valence-electron chi connectivity index (χ2n) is 4.33. The van der Waals surface area contributed by atoms with E-state index >= 15 is 0 Å². The maximum absolute atomic E-state index is 11.1. The fourth-order valence-electron chi connectivity index (χ4n) is 1.52. The van der Waals surface area contributed by atoms with E-state index in [1.54, 1.807) is 0 Å². The Balaban J connectivity index is 2.03.